The number of aliphatic hydroxyl groups is 2. The van der Waals surface area contributed by atoms with Gasteiger partial charge in [0, 0.05) is 22.1 Å². The van der Waals surface area contributed by atoms with Gasteiger partial charge >= 0.3 is 0 Å². The lowest BCUT2D eigenvalue weighted by molar-refractivity contribution is -0.129. The predicted octanol–water partition coefficient (Wildman–Crippen LogP) is 1.58. The number of Topliss-reactive ketones (excluding diaryl/α,β-unsaturated/α-hetero) is 1. The molecule has 1 heterocycles. The van der Waals surface area contributed by atoms with Crippen LogP contribution in [0, 0.1) is 23.7 Å². The number of benzene rings is 1. The fourth-order valence-electron chi connectivity index (χ4n) is 2.20. The summed E-state index contributed by atoms with van der Waals surface area (Å²) in [5, 5.41) is 25.4. The van der Waals surface area contributed by atoms with Crippen LogP contribution in [0.2, 0.25) is 0 Å². The summed E-state index contributed by atoms with van der Waals surface area (Å²) in [6, 6.07) is 7.17. The summed E-state index contributed by atoms with van der Waals surface area (Å²) in [5.41, 5.74) is 0.420. The van der Waals surface area contributed by atoms with Gasteiger partial charge in [0.25, 0.3) is 5.91 Å². The number of carbonyl (C=O) groups is 2. The first-order valence-electron chi connectivity index (χ1n) is 8.12. The predicted molar refractivity (Wildman–Crippen MR) is 104 cm³/mol. The minimum Gasteiger partial charge on any atom is -0.388 e. The van der Waals surface area contributed by atoms with Crippen molar-refractivity contribution in [1.29, 1.82) is 0 Å². The number of thiophene rings is 1. The van der Waals surface area contributed by atoms with Gasteiger partial charge in [0.1, 0.15) is 12.6 Å². The lowest BCUT2D eigenvalue weighted by Crippen LogP contribution is -2.54. The lowest BCUT2D eigenvalue weighted by atomic mass is 9.94. The first-order chi connectivity index (χ1) is 12.8. The Morgan fingerprint density at radius 1 is 1.11 bits per heavy atom. The summed E-state index contributed by atoms with van der Waals surface area (Å²) in [6.45, 7) is 2.01. The van der Waals surface area contributed by atoms with Gasteiger partial charge in [-0.05, 0) is 61.4 Å². The van der Waals surface area contributed by atoms with Crippen LogP contribution in [0.15, 0.2) is 41.1 Å². The number of carbonyl (C=O) groups excluding carboxylic acids is 2. The van der Waals surface area contributed by atoms with Crippen LogP contribution >= 0.6 is 11.3 Å². The fourth-order valence-corrected chi connectivity index (χ4v) is 2.79. The molecule has 1 amide bonds. The Kier molecular flexibility index (Phi) is 6.92. The molecule has 1 aromatic carbocycles. The summed E-state index contributed by atoms with van der Waals surface area (Å²) < 4.78 is 0. The highest BCUT2D eigenvalue weighted by molar-refractivity contribution is 7.08. The van der Waals surface area contributed by atoms with Crippen LogP contribution in [0.25, 0.3) is 0 Å². The molecule has 1 atom stereocenters. The van der Waals surface area contributed by atoms with Gasteiger partial charge in [0.15, 0.2) is 5.78 Å². The van der Waals surface area contributed by atoms with Crippen LogP contribution in [0.1, 0.15) is 35.3 Å². The maximum Gasteiger partial charge on any atom is 0.251 e. The van der Waals surface area contributed by atoms with Crippen LogP contribution < -0.4 is 5.32 Å². The summed E-state index contributed by atoms with van der Waals surface area (Å²) in [6.07, 6.45) is 0. The number of aliphatic hydroxyl groups excluding tert-OH is 1. The monoisotopic (exact) mass is 381 g/mol. The fraction of sp³-hybridized carbons (Fsp3) is 0.238. The summed E-state index contributed by atoms with van der Waals surface area (Å²) in [5.74, 6) is 10.1. The Hall–Kier alpha value is -2.90. The third kappa shape index (κ3) is 6.09. The minimum absolute atomic E-state index is 0.310. The molecular formula is C21H19NO4S. The molecule has 0 bridgehead atoms. The number of rotatable bonds is 5. The normalized spacial score (nSPS) is 11.4. The standard InChI is InChI=1S/C21H19NO4S/c1-21(2,26)19(18(24)13-23)22-20(25)17-9-7-15(8-10-17)5-3-4-6-16-11-12-27-14-16/h7-12,14,19,23,26H,13H2,1-2H3,(H,22,25)/t19-/m1/s1. The summed E-state index contributed by atoms with van der Waals surface area (Å²) in [7, 11) is 0. The van der Waals surface area contributed by atoms with E-state index in [1.54, 1.807) is 35.6 Å². The first-order valence-corrected chi connectivity index (χ1v) is 9.06. The third-order valence-corrected chi connectivity index (χ3v) is 4.29. The number of hydrogen-bond acceptors (Lipinski definition) is 5. The molecule has 0 saturated heterocycles. The Bertz CT molecular complexity index is 917. The minimum atomic E-state index is -1.50. The maximum absolute atomic E-state index is 12.3. The second kappa shape index (κ2) is 9.16. The summed E-state index contributed by atoms with van der Waals surface area (Å²) >= 11 is 1.57. The van der Waals surface area contributed by atoms with Crippen LogP contribution in [0.4, 0.5) is 0 Å². The molecule has 27 heavy (non-hydrogen) atoms. The van der Waals surface area contributed by atoms with E-state index in [1.165, 1.54) is 13.8 Å². The van der Waals surface area contributed by atoms with Crippen molar-refractivity contribution in [3.63, 3.8) is 0 Å². The molecular weight excluding hydrogens is 362 g/mol. The number of nitrogens with one attached hydrogen (secondary N) is 1. The van der Waals surface area contributed by atoms with Crippen LogP contribution in [0.5, 0.6) is 0 Å². The van der Waals surface area contributed by atoms with Crippen molar-refractivity contribution >= 4 is 23.0 Å². The van der Waals surface area contributed by atoms with E-state index in [0.717, 1.165) is 5.56 Å². The summed E-state index contributed by atoms with van der Waals surface area (Å²) in [4.78, 5) is 24.1. The smallest absolute Gasteiger partial charge is 0.251 e. The SMILES string of the molecule is CC(C)(O)[C@H](NC(=O)c1ccc(C#CC#Cc2ccsc2)cc1)C(=O)CO. The second-order valence-electron chi connectivity index (χ2n) is 6.27. The molecule has 6 heteroatoms. The third-order valence-electron chi connectivity index (χ3n) is 3.60. The zero-order valence-corrected chi connectivity index (χ0v) is 15.8. The van der Waals surface area contributed by atoms with Gasteiger partial charge in [0.2, 0.25) is 0 Å². The zero-order chi connectivity index (χ0) is 19.9. The van der Waals surface area contributed by atoms with Crippen LogP contribution in [0.3, 0.4) is 0 Å². The van der Waals surface area contributed by atoms with Crippen molar-refractivity contribution in [3.05, 3.63) is 57.8 Å². The maximum atomic E-state index is 12.3. The zero-order valence-electron chi connectivity index (χ0n) is 14.9. The van der Waals surface area contributed by atoms with Gasteiger partial charge in [-0.2, -0.15) is 11.3 Å². The van der Waals surface area contributed by atoms with Crippen molar-refractivity contribution < 1.29 is 19.8 Å². The van der Waals surface area contributed by atoms with Crippen molar-refractivity contribution in [2.45, 2.75) is 25.5 Å². The molecule has 0 aliphatic carbocycles. The molecule has 1 aromatic heterocycles. The van der Waals surface area contributed by atoms with E-state index >= 15 is 0 Å². The van der Waals surface area contributed by atoms with E-state index in [9.17, 15) is 14.7 Å². The van der Waals surface area contributed by atoms with E-state index in [4.69, 9.17) is 5.11 Å². The molecule has 0 spiro atoms. The molecule has 2 rings (SSSR count). The Labute approximate surface area is 162 Å². The van der Waals surface area contributed by atoms with E-state index in [-0.39, 0.29) is 0 Å². The van der Waals surface area contributed by atoms with Gasteiger partial charge in [-0.25, -0.2) is 0 Å². The Balaban J connectivity index is 2.06. The van der Waals surface area contributed by atoms with Gasteiger partial charge in [0.05, 0.1) is 5.60 Å². The van der Waals surface area contributed by atoms with Crippen molar-refractivity contribution in [1.82, 2.24) is 5.32 Å². The van der Waals surface area contributed by atoms with Gasteiger partial charge in [-0.3, -0.25) is 9.59 Å². The van der Waals surface area contributed by atoms with Gasteiger partial charge < -0.3 is 15.5 Å². The Morgan fingerprint density at radius 2 is 1.74 bits per heavy atom. The molecule has 138 valence electrons. The molecule has 0 fully saturated rings. The number of ketones is 1. The van der Waals surface area contributed by atoms with E-state index in [2.05, 4.69) is 29.0 Å². The molecule has 5 nitrogen and oxygen atoms in total. The molecule has 0 saturated carbocycles. The largest absolute Gasteiger partial charge is 0.388 e. The first kappa shape index (κ1) is 20.4. The van der Waals surface area contributed by atoms with E-state index in [0.29, 0.717) is 11.1 Å². The molecule has 0 aliphatic heterocycles. The lowest BCUT2D eigenvalue weighted by Gasteiger charge is -2.28. The second-order valence-corrected chi connectivity index (χ2v) is 7.05. The highest BCUT2D eigenvalue weighted by atomic mass is 32.1. The highest BCUT2D eigenvalue weighted by Gasteiger charge is 2.34. The molecule has 0 unspecified atom stereocenters. The molecule has 0 radical (unpaired) electrons. The molecule has 3 N–H and O–H groups in total. The van der Waals surface area contributed by atoms with Crippen molar-refractivity contribution in [2.75, 3.05) is 6.61 Å². The Morgan fingerprint density at radius 3 is 2.26 bits per heavy atom. The van der Waals surface area contributed by atoms with Crippen LogP contribution in [-0.2, 0) is 4.79 Å². The van der Waals surface area contributed by atoms with Gasteiger partial charge in [-0.1, -0.05) is 11.8 Å². The van der Waals surface area contributed by atoms with Gasteiger partial charge in [-0.15, -0.1) is 0 Å². The quantitative estimate of drug-likeness (QED) is 0.687. The van der Waals surface area contributed by atoms with E-state index in [1.807, 2.05) is 16.8 Å². The number of hydrogen-bond donors (Lipinski definition) is 3. The molecule has 2 aromatic rings. The van der Waals surface area contributed by atoms with E-state index < -0.39 is 29.9 Å². The molecule has 0 aliphatic rings. The average Bonchev–Trinajstić information content (AvgIpc) is 3.15. The van der Waals surface area contributed by atoms with Crippen LogP contribution in [-0.4, -0.2) is 40.2 Å². The number of amides is 1. The topological polar surface area (TPSA) is 86.6 Å². The van der Waals surface area contributed by atoms with Crippen molar-refractivity contribution in [2.24, 2.45) is 0 Å². The van der Waals surface area contributed by atoms with Crippen molar-refractivity contribution in [3.8, 4) is 23.7 Å². The highest BCUT2D eigenvalue weighted by Crippen LogP contribution is 2.11. The average molecular weight is 381 g/mol.